The van der Waals surface area contributed by atoms with Crippen molar-refractivity contribution in [2.45, 2.75) is 26.4 Å². The van der Waals surface area contributed by atoms with Crippen LogP contribution in [0.2, 0.25) is 5.02 Å². The Bertz CT molecular complexity index is 917. The maximum Gasteiger partial charge on any atom is 0.266 e. The van der Waals surface area contributed by atoms with E-state index in [-0.39, 0.29) is 17.4 Å². The second-order valence-electron chi connectivity index (χ2n) is 6.04. The summed E-state index contributed by atoms with van der Waals surface area (Å²) in [7, 11) is 1.49. The Balaban J connectivity index is 2.30. The van der Waals surface area contributed by atoms with Crippen LogP contribution in [0.3, 0.4) is 0 Å². The Morgan fingerprint density at radius 2 is 2.04 bits per heavy atom. The number of hydrogen-bond acceptors (Lipinski definition) is 5. The number of hydrogen-bond donors (Lipinski definition) is 2. The van der Waals surface area contributed by atoms with E-state index in [9.17, 15) is 15.2 Å². The Kier molecular flexibility index (Phi) is 7.30. The van der Waals surface area contributed by atoms with Crippen molar-refractivity contribution in [3.05, 3.63) is 52.6 Å². The molecule has 0 bridgehead atoms. The zero-order valence-corrected chi connectivity index (χ0v) is 16.6. The molecule has 2 N–H and O–H groups in total. The van der Waals surface area contributed by atoms with Crippen LogP contribution in [0.1, 0.15) is 25.8 Å². The van der Waals surface area contributed by atoms with Gasteiger partial charge in [0.25, 0.3) is 5.91 Å². The summed E-state index contributed by atoms with van der Waals surface area (Å²) in [6, 6.07) is 11.1. The lowest BCUT2D eigenvalue weighted by molar-refractivity contribution is -0.112. The SMILES string of the molecule is CCC(C)Oc1c(Cl)cc(/C=C(/C#N)C(=O)Nc2ccc(O)cc2)cc1OC. The molecule has 0 aliphatic carbocycles. The highest BCUT2D eigenvalue weighted by atomic mass is 35.5. The van der Waals surface area contributed by atoms with Crippen molar-refractivity contribution in [2.75, 3.05) is 12.4 Å². The highest BCUT2D eigenvalue weighted by molar-refractivity contribution is 6.32. The molecule has 28 heavy (non-hydrogen) atoms. The summed E-state index contributed by atoms with van der Waals surface area (Å²) >= 11 is 6.32. The first kappa shape index (κ1) is 21.1. The standard InChI is InChI=1S/C21H21ClN2O4/c1-4-13(2)28-20-18(22)10-14(11-19(20)27-3)9-15(12-23)21(26)24-16-5-7-17(25)8-6-16/h5-11,13,25H,4H2,1-3H3,(H,24,26)/b15-9-. The van der Waals surface area contributed by atoms with E-state index in [1.807, 2.05) is 19.9 Å². The summed E-state index contributed by atoms with van der Waals surface area (Å²) < 4.78 is 11.1. The van der Waals surface area contributed by atoms with E-state index in [2.05, 4.69) is 5.32 Å². The van der Waals surface area contributed by atoms with Crippen molar-refractivity contribution < 1.29 is 19.4 Å². The summed E-state index contributed by atoms with van der Waals surface area (Å²) in [5.41, 5.74) is 0.870. The third kappa shape index (κ3) is 5.41. The minimum Gasteiger partial charge on any atom is -0.508 e. The zero-order valence-electron chi connectivity index (χ0n) is 15.8. The second kappa shape index (κ2) is 9.67. The lowest BCUT2D eigenvalue weighted by Crippen LogP contribution is -2.13. The number of benzene rings is 2. The Morgan fingerprint density at radius 3 is 2.61 bits per heavy atom. The molecule has 1 amide bonds. The number of anilines is 1. The van der Waals surface area contributed by atoms with Gasteiger partial charge in [0.1, 0.15) is 17.4 Å². The van der Waals surface area contributed by atoms with E-state index in [4.69, 9.17) is 21.1 Å². The second-order valence-corrected chi connectivity index (χ2v) is 6.45. The summed E-state index contributed by atoms with van der Waals surface area (Å²) in [5, 5.41) is 21.6. The van der Waals surface area contributed by atoms with Crippen LogP contribution in [0, 0.1) is 11.3 Å². The van der Waals surface area contributed by atoms with Gasteiger partial charge in [-0.15, -0.1) is 0 Å². The van der Waals surface area contributed by atoms with E-state index >= 15 is 0 Å². The highest BCUT2D eigenvalue weighted by Gasteiger charge is 2.16. The van der Waals surface area contributed by atoms with Crippen LogP contribution in [-0.2, 0) is 4.79 Å². The van der Waals surface area contributed by atoms with Crippen molar-refractivity contribution in [1.82, 2.24) is 0 Å². The molecule has 146 valence electrons. The van der Waals surface area contributed by atoms with Gasteiger partial charge in [-0.3, -0.25) is 4.79 Å². The van der Waals surface area contributed by atoms with Gasteiger partial charge in [-0.2, -0.15) is 5.26 Å². The van der Waals surface area contributed by atoms with Gasteiger partial charge in [0.2, 0.25) is 0 Å². The van der Waals surface area contributed by atoms with Crippen LogP contribution in [0.15, 0.2) is 42.0 Å². The molecule has 6 nitrogen and oxygen atoms in total. The number of carbonyl (C=O) groups is 1. The molecule has 7 heteroatoms. The van der Waals surface area contributed by atoms with Gasteiger partial charge in [0.15, 0.2) is 11.5 Å². The smallest absolute Gasteiger partial charge is 0.266 e. The number of methoxy groups -OCH3 is 1. The predicted molar refractivity (Wildman–Crippen MR) is 109 cm³/mol. The van der Waals surface area contributed by atoms with Gasteiger partial charge in [0, 0.05) is 5.69 Å². The summed E-state index contributed by atoms with van der Waals surface area (Å²) in [6.45, 7) is 3.92. The molecule has 1 unspecified atom stereocenters. The Hall–Kier alpha value is -3.17. The number of phenolic OH excluding ortho intramolecular Hbond substituents is 1. The molecule has 2 aromatic rings. The van der Waals surface area contributed by atoms with Crippen LogP contribution in [0.4, 0.5) is 5.69 Å². The van der Waals surface area contributed by atoms with E-state index < -0.39 is 5.91 Å². The largest absolute Gasteiger partial charge is 0.508 e. The monoisotopic (exact) mass is 400 g/mol. The molecule has 2 rings (SSSR count). The number of halogens is 1. The van der Waals surface area contributed by atoms with Crippen LogP contribution in [-0.4, -0.2) is 24.2 Å². The normalized spacial score (nSPS) is 12.0. The summed E-state index contributed by atoms with van der Waals surface area (Å²) in [5.74, 6) is 0.330. The number of amides is 1. The molecule has 0 radical (unpaired) electrons. The van der Waals surface area contributed by atoms with Gasteiger partial charge < -0.3 is 19.9 Å². The van der Waals surface area contributed by atoms with Gasteiger partial charge in [0.05, 0.1) is 18.2 Å². The lowest BCUT2D eigenvalue weighted by Gasteiger charge is -2.17. The fourth-order valence-corrected chi connectivity index (χ4v) is 2.54. The molecule has 0 aliphatic rings. The number of ether oxygens (including phenoxy) is 2. The van der Waals surface area contributed by atoms with Crippen molar-refractivity contribution >= 4 is 29.3 Å². The maximum atomic E-state index is 12.4. The minimum atomic E-state index is -0.580. The number of nitrogens with zero attached hydrogens (tertiary/aromatic N) is 1. The molecular formula is C21H21ClN2O4. The zero-order chi connectivity index (χ0) is 20.7. The summed E-state index contributed by atoms with van der Waals surface area (Å²) in [4.78, 5) is 12.4. The van der Waals surface area contributed by atoms with Crippen molar-refractivity contribution in [2.24, 2.45) is 0 Å². The van der Waals surface area contributed by atoms with Gasteiger partial charge in [-0.05, 0) is 61.4 Å². The third-order valence-electron chi connectivity index (χ3n) is 3.95. The van der Waals surface area contributed by atoms with Crippen molar-refractivity contribution in [1.29, 1.82) is 5.26 Å². The first-order valence-corrected chi connectivity index (χ1v) is 9.02. The number of carbonyl (C=O) groups excluding carboxylic acids is 1. The van der Waals surface area contributed by atoms with Crippen molar-refractivity contribution in [3.63, 3.8) is 0 Å². The molecular weight excluding hydrogens is 380 g/mol. The average molecular weight is 401 g/mol. The topological polar surface area (TPSA) is 91.6 Å². The highest BCUT2D eigenvalue weighted by Crippen LogP contribution is 2.38. The third-order valence-corrected chi connectivity index (χ3v) is 4.23. The number of aromatic hydroxyl groups is 1. The first-order chi connectivity index (χ1) is 13.4. The van der Waals surface area contributed by atoms with E-state index in [0.29, 0.717) is 27.8 Å². The number of phenols is 1. The summed E-state index contributed by atoms with van der Waals surface area (Å²) in [6.07, 6.45) is 2.17. The van der Waals surface area contributed by atoms with E-state index in [1.54, 1.807) is 12.1 Å². The molecule has 2 aromatic carbocycles. The number of nitrogens with one attached hydrogen (secondary N) is 1. The molecule has 0 fully saturated rings. The first-order valence-electron chi connectivity index (χ1n) is 8.64. The van der Waals surface area contributed by atoms with Crippen LogP contribution in [0.5, 0.6) is 17.2 Å². The molecule has 1 atom stereocenters. The number of rotatable bonds is 7. The molecule has 0 aromatic heterocycles. The molecule has 0 heterocycles. The van der Waals surface area contributed by atoms with E-state index in [1.165, 1.54) is 37.5 Å². The fourth-order valence-electron chi connectivity index (χ4n) is 2.28. The van der Waals surface area contributed by atoms with E-state index in [0.717, 1.165) is 6.42 Å². The Morgan fingerprint density at radius 1 is 1.36 bits per heavy atom. The molecule has 0 aliphatic heterocycles. The van der Waals surface area contributed by atoms with Crippen LogP contribution in [0.25, 0.3) is 6.08 Å². The molecule has 0 saturated heterocycles. The van der Waals surface area contributed by atoms with Crippen LogP contribution < -0.4 is 14.8 Å². The average Bonchev–Trinajstić information content (AvgIpc) is 2.69. The minimum absolute atomic E-state index is 0.0430. The molecule has 0 spiro atoms. The quantitative estimate of drug-likeness (QED) is 0.396. The number of nitriles is 1. The molecule has 0 saturated carbocycles. The predicted octanol–water partition coefficient (Wildman–Crippen LogP) is 4.78. The van der Waals surface area contributed by atoms with Gasteiger partial charge >= 0.3 is 0 Å². The Labute approximate surface area is 169 Å². The lowest BCUT2D eigenvalue weighted by atomic mass is 10.1. The van der Waals surface area contributed by atoms with Gasteiger partial charge in [-0.25, -0.2) is 0 Å². The fraction of sp³-hybridized carbons (Fsp3) is 0.238. The van der Waals surface area contributed by atoms with Crippen LogP contribution >= 0.6 is 11.6 Å². The van der Waals surface area contributed by atoms with Crippen molar-refractivity contribution in [3.8, 4) is 23.3 Å². The maximum absolute atomic E-state index is 12.4. The van der Waals surface area contributed by atoms with Gasteiger partial charge in [-0.1, -0.05) is 18.5 Å².